The Morgan fingerprint density at radius 2 is 1.93 bits per heavy atom. The number of rotatable bonds is 7. The lowest BCUT2D eigenvalue weighted by molar-refractivity contribution is 0.0531. The van der Waals surface area contributed by atoms with Crippen molar-refractivity contribution in [1.29, 1.82) is 0 Å². The van der Waals surface area contributed by atoms with E-state index < -0.39 is 0 Å². The molecule has 3 rings (SSSR count). The highest BCUT2D eigenvalue weighted by Gasteiger charge is 2.34. The molecule has 27 heavy (non-hydrogen) atoms. The molecular weight excluding hydrogens is 406 g/mol. The van der Waals surface area contributed by atoms with Crippen molar-refractivity contribution in [3.63, 3.8) is 0 Å². The summed E-state index contributed by atoms with van der Waals surface area (Å²) in [5.41, 5.74) is 1.37. The lowest BCUT2D eigenvalue weighted by Gasteiger charge is -2.36. The first kappa shape index (κ1) is 20.0. The van der Waals surface area contributed by atoms with Gasteiger partial charge in [-0.15, -0.1) is 0 Å². The lowest BCUT2D eigenvalue weighted by atomic mass is 9.74. The summed E-state index contributed by atoms with van der Waals surface area (Å²) in [6, 6.07) is 12.6. The van der Waals surface area contributed by atoms with Gasteiger partial charge in [-0.2, -0.15) is 0 Å². The monoisotopic (exact) mass is 433 g/mol. The standard InChI is InChI=1S/C21H28BrN3O2/c1-2-23-20(24-12-9-19-4-3-13-27-19)25-16-21(10-14-26-15-11-21)17-5-7-18(22)8-6-17/h3-8,13H,2,9-12,14-16H2,1H3,(H2,23,24,25). The van der Waals surface area contributed by atoms with E-state index in [0.29, 0.717) is 0 Å². The highest BCUT2D eigenvalue weighted by Crippen LogP contribution is 2.35. The maximum absolute atomic E-state index is 5.63. The van der Waals surface area contributed by atoms with Crippen LogP contribution in [0.25, 0.3) is 0 Å². The van der Waals surface area contributed by atoms with Crippen molar-refractivity contribution in [2.75, 3.05) is 32.8 Å². The largest absolute Gasteiger partial charge is 0.469 e. The van der Waals surface area contributed by atoms with E-state index in [-0.39, 0.29) is 5.41 Å². The number of furan rings is 1. The third kappa shape index (κ3) is 5.59. The third-order valence-electron chi connectivity index (χ3n) is 5.03. The Labute approximate surface area is 169 Å². The van der Waals surface area contributed by atoms with Crippen LogP contribution in [0.2, 0.25) is 0 Å². The number of guanidine groups is 1. The van der Waals surface area contributed by atoms with Gasteiger partial charge in [0.05, 0.1) is 12.8 Å². The molecule has 5 nitrogen and oxygen atoms in total. The normalized spacial score (nSPS) is 16.9. The maximum atomic E-state index is 5.63. The number of hydrogen-bond acceptors (Lipinski definition) is 3. The molecule has 1 saturated heterocycles. The van der Waals surface area contributed by atoms with Crippen molar-refractivity contribution in [1.82, 2.24) is 10.6 Å². The molecule has 2 aromatic rings. The average molecular weight is 434 g/mol. The van der Waals surface area contributed by atoms with Gasteiger partial charge in [0, 0.05) is 42.6 Å². The summed E-state index contributed by atoms with van der Waals surface area (Å²) in [5.74, 6) is 1.83. The summed E-state index contributed by atoms with van der Waals surface area (Å²) in [6.45, 7) is 6.02. The van der Waals surface area contributed by atoms with Crippen molar-refractivity contribution in [2.45, 2.75) is 31.6 Å². The van der Waals surface area contributed by atoms with Crippen molar-refractivity contribution in [2.24, 2.45) is 4.99 Å². The number of halogens is 1. The molecule has 0 atom stereocenters. The first-order valence-corrected chi connectivity index (χ1v) is 10.4. The van der Waals surface area contributed by atoms with Crippen molar-refractivity contribution in [3.05, 3.63) is 58.5 Å². The Hall–Kier alpha value is -1.79. The smallest absolute Gasteiger partial charge is 0.191 e. The van der Waals surface area contributed by atoms with Gasteiger partial charge in [-0.05, 0) is 49.6 Å². The average Bonchev–Trinajstić information content (AvgIpc) is 3.21. The number of hydrogen-bond donors (Lipinski definition) is 2. The number of nitrogens with zero attached hydrogens (tertiary/aromatic N) is 1. The van der Waals surface area contributed by atoms with Crippen LogP contribution >= 0.6 is 15.9 Å². The van der Waals surface area contributed by atoms with E-state index in [1.54, 1.807) is 6.26 Å². The van der Waals surface area contributed by atoms with Gasteiger partial charge in [0.25, 0.3) is 0 Å². The van der Waals surface area contributed by atoms with Crippen LogP contribution in [-0.2, 0) is 16.6 Å². The zero-order valence-electron chi connectivity index (χ0n) is 15.8. The van der Waals surface area contributed by atoms with Gasteiger partial charge in [0.1, 0.15) is 5.76 Å². The molecule has 1 aromatic heterocycles. The summed E-state index contributed by atoms with van der Waals surface area (Å²) in [6.07, 6.45) is 4.53. The predicted molar refractivity (Wildman–Crippen MR) is 112 cm³/mol. The van der Waals surface area contributed by atoms with Gasteiger partial charge in [-0.25, -0.2) is 0 Å². The zero-order valence-corrected chi connectivity index (χ0v) is 17.4. The second-order valence-corrected chi connectivity index (χ2v) is 7.77. The first-order valence-electron chi connectivity index (χ1n) is 9.60. The number of nitrogens with one attached hydrogen (secondary N) is 2. The van der Waals surface area contributed by atoms with Crippen molar-refractivity contribution >= 4 is 21.9 Å². The minimum Gasteiger partial charge on any atom is -0.469 e. The SMILES string of the molecule is CCNC(=NCC1(c2ccc(Br)cc2)CCOCC1)NCCc1ccco1. The first-order chi connectivity index (χ1) is 13.2. The quantitative estimate of drug-likeness (QED) is 0.513. The van der Waals surface area contributed by atoms with Gasteiger partial charge in [-0.3, -0.25) is 4.99 Å². The molecule has 0 amide bonds. The van der Waals surface area contributed by atoms with Gasteiger partial charge >= 0.3 is 0 Å². The van der Waals surface area contributed by atoms with Crippen LogP contribution in [0.15, 0.2) is 56.5 Å². The molecule has 0 unspecified atom stereocenters. The molecule has 2 heterocycles. The number of aliphatic imine (C=N–C) groups is 1. The Kier molecular flexibility index (Phi) is 7.35. The fourth-order valence-electron chi connectivity index (χ4n) is 3.43. The second-order valence-electron chi connectivity index (χ2n) is 6.85. The maximum Gasteiger partial charge on any atom is 0.191 e. The molecule has 2 N–H and O–H groups in total. The van der Waals surface area contributed by atoms with E-state index in [2.05, 4.69) is 57.8 Å². The molecule has 0 spiro atoms. The summed E-state index contributed by atoms with van der Waals surface area (Å²) in [5, 5.41) is 6.77. The zero-order chi connectivity index (χ0) is 19.0. The fourth-order valence-corrected chi connectivity index (χ4v) is 3.70. The third-order valence-corrected chi connectivity index (χ3v) is 5.56. The molecule has 146 valence electrons. The van der Waals surface area contributed by atoms with Crippen LogP contribution in [0, 0.1) is 0 Å². The predicted octanol–water partition coefficient (Wildman–Crippen LogP) is 3.89. The van der Waals surface area contributed by atoms with Gasteiger partial charge in [0.2, 0.25) is 0 Å². The van der Waals surface area contributed by atoms with E-state index in [1.165, 1.54) is 5.56 Å². The molecule has 1 fully saturated rings. The molecular formula is C21H28BrN3O2. The second kappa shape index (κ2) is 9.95. The highest BCUT2D eigenvalue weighted by atomic mass is 79.9. The molecule has 0 radical (unpaired) electrons. The minimum atomic E-state index is 0.0301. The Bertz CT molecular complexity index is 708. The van der Waals surface area contributed by atoms with Gasteiger partial charge < -0.3 is 19.8 Å². The molecule has 6 heteroatoms. The topological polar surface area (TPSA) is 58.8 Å². The summed E-state index contributed by atoms with van der Waals surface area (Å²) < 4.78 is 12.1. The molecule has 0 aliphatic carbocycles. The molecule has 0 saturated carbocycles. The summed E-state index contributed by atoms with van der Waals surface area (Å²) in [7, 11) is 0. The Morgan fingerprint density at radius 1 is 1.15 bits per heavy atom. The van der Waals surface area contributed by atoms with Crippen LogP contribution < -0.4 is 10.6 Å². The van der Waals surface area contributed by atoms with Gasteiger partial charge in [0.15, 0.2) is 5.96 Å². The number of benzene rings is 1. The molecule has 1 aliphatic heterocycles. The highest BCUT2D eigenvalue weighted by molar-refractivity contribution is 9.10. The summed E-state index contributed by atoms with van der Waals surface area (Å²) in [4.78, 5) is 4.92. The van der Waals surface area contributed by atoms with Crippen LogP contribution in [0.3, 0.4) is 0 Å². The van der Waals surface area contributed by atoms with E-state index in [0.717, 1.165) is 68.3 Å². The van der Waals surface area contributed by atoms with E-state index in [9.17, 15) is 0 Å². The summed E-state index contributed by atoms with van der Waals surface area (Å²) >= 11 is 3.53. The molecule has 0 bridgehead atoms. The molecule has 1 aliphatic rings. The molecule has 1 aromatic carbocycles. The van der Waals surface area contributed by atoms with Crippen molar-refractivity contribution < 1.29 is 9.15 Å². The van der Waals surface area contributed by atoms with Crippen molar-refractivity contribution in [3.8, 4) is 0 Å². The number of ether oxygens (including phenoxy) is 1. The van der Waals surface area contributed by atoms with E-state index >= 15 is 0 Å². The Morgan fingerprint density at radius 3 is 2.59 bits per heavy atom. The minimum absolute atomic E-state index is 0.0301. The van der Waals surface area contributed by atoms with Crippen LogP contribution in [0.4, 0.5) is 0 Å². The van der Waals surface area contributed by atoms with Crippen LogP contribution in [0.5, 0.6) is 0 Å². The Balaban J connectivity index is 1.69. The fraction of sp³-hybridized carbons (Fsp3) is 0.476. The van der Waals surface area contributed by atoms with Crippen LogP contribution in [-0.4, -0.2) is 38.8 Å². The van der Waals surface area contributed by atoms with Crippen LogP contribution in [0.1, 0.15) is 31.1 Å². The van der Waals surface area contributed by atoms with E-state index in [4.69, 9.17) is 14.1 Å². The lowest BCUT2D eigenvalue weighted by Crippen LogP contribution is -2.41. The van der Waals surface area contributed by atoms with Gasteiger partial charge in [-0.1, -0.05) is 28.1 Å². The van der Waals surface area contributed by atoms with E-state index in [1.807, 2.05) is 12.1 Å².